The van der Waals surface area contributed by atoms with Crippen LogP contribution >= 0.6 is 0 Å². The third kappa shape index (κ3) is 2.05. The van der Waals surface area contributed by atoms with E-state index in [-0.39, 0.29) is 16.9 Å². The first kappa shape index (κ1) is 12.1. The van der Waals surface area contributed by atoms with Crippen molar-refractivity contribution in [1.82, 2.24) is 0 Å². The van der Waals surface area contributed by atoms with Crippen LogP contribution in [0.5, 0.6) is 11.5 Å². The lowest BCUT2D eigenvalue weighted by Crippen LogP contribution is -2.04. The Kier molecular flexibility index (Phi) is 3.02. The Labute approximate surface area is 103 Å². The molecule has 2 N–H and O–H groups in total. The van der Waals surface area contributed by atoms with Crippen LogP contribution in [0.25, 0.3) is 0 Å². The van der Waals surface area contributed by atoms with Gasteiger partial charge < -0.3 is 10.2 Å². The van der Waals surface area contributed by atoms with Crippen molar-refractivity contribution in [3.63, 3.8) is 0 Å². The van der Waals surface area contributed by atoms with E-state index in [1.165, 1.54) is 24.3 Å². The van der Waals surface area contributed by atoms with E-state index >= 15 is 0 Å². The number of benzene rings is 2. The summed E-state index contributed by atoms with van der Waals surface area (Å²) in [7, 11) is 0. The topological polar surface area (TPSA) is 57.5 Å². The Balaban J connectivity index is 2.51. The van der Waals surface area contributed by atoms with Crippen LogP contribution in [0.15, 0.2) is 36.4 Å². The van der Waals surface area contributed by atoms with Crippen molar-refractivity contribution in [3.05, 3.63) is 58.9 Å². The highest BCUT2D eigenvalue weighted by Crippen LogP contribution is 2.30. The molecule has 0 spiro atoms. The molecule has 0 atom stereocenters. The fraction of sp³-hybridized carbons (Fsp3) is 0.0714. The van der Waals surface area contributed by atoms with E-state index in [0.717, 1.165) is 6.07 Å². The molecule has 0 aromatic heterocycles. The molecule has 0 unspecified atom stereocenters. The number of ketones is 1. The predicted molar refractivity (Wildman–Crippen MR) is 64.3 cm³/mol. The van der Waals surface area contributed by atoms with Crippen LogP contribution < -0.4 is 0 Å². The van der Waals surface area contributed by atoms with Gasteiger partial charge in [-0.3, -0.25) is 4.79 Å². The van der Waals surface area contributed by atoms with Gasteiger partial charge in [0.25, 0.3) is 0 Å². The number of aromatic hydroxyl groups is 2. The van der Waals surface area contributed by atoms with Gasteiger partial charge in [-0.1, -0.05) is 12.1 Å². The maximum Gasteiger partial charge on any atom is 0.196 e. The first-order valence-corrected chi connectivity index (χ1v) is 5.32. The molecular formula is C14H11FO3. The maximum atomic E-state index is 13.5. The molecule has 18 heavy (non-hydrogen) atoms. The zero-order valence-corrected chi connectivity index (χ0v) is 9.64. The van der Waals surface area contributed by atoms with Crippen molar-refractivity contribution in [2.24, 2.45) is 0 Å². The molecule has 0 radical (unpaired) electrons. The first-order valence-electron chi connectivity index (χ1n) is 5.32. The summed E-state index contributed by atoms with van der Waals surface area (Å²) in [5.41, 5.74) is 0.421. The quantitative estimate of drug-likeness (QED) is 0.632. The van der Waals surface area contributed by atoms with Crippen molar-refractivity contribution in [3.8, 4) is 11.5 Å². The second kappa shape index (κ2) is 4.49. The number of hydrogen-bond donors (Lipinski definition) is 2. The van der Waals surface area contributed by atoms with E-state index in [1.54, 1.807) is 13.0 Å². The van der Waals surface area contributed by atoms with Crippen LogP contribution in [0.4, 0.5) is 4.39 Å². The summed E-state index contributed by atoms with van der Waals surface area (Å²) in [5, 5.41) is 18.9. The minimum Gasteiger partial charge on any atom is -0.504 e. The number of hydrogen-bond acceptors (Lipinski definition) is 3. The second-order valence-electron chi connectivity index (χ2n) is 3.97. The number of halogens is 1. The lowest BCUT2D eigenvalue weighted by atomic mass is 10.0. The lowest BCUT2D eigenvalue weighted by molar-refractivity contribution is 0.103. The van der Waals surface area contributed by atoms with E-state index in [1.807, 2.05) is 0 Å². The molecule has 2 rings (SSSR count). The Morgan fingerprint density at radius 3 is 2.44 bits per heavy atom. The SMILES string of the molecule is Cc1cc(C(=O)c2ccccc2F)cc(O)c1O. The fourth-order valence-electron chi connectivity index (χ4n) is 1.69. The number of rotatable bonds is 2. The van der Waals surface area contributed by atoms with Crippen LogP contribution in [-0.4, -0.2) is 16.0 Å². The van der Waals surface area contributed by atoms with Gasteiger partial charge in [-0.2, -0.15) is 0 Å². The van der Waals surface area contributed by atoms with Crippen molar-refractivity contribution in [2.75, 3.05) is 0 Å². The molecule has 0 bridgehead atoms. The summed E-state index contributed by atoms with van der Waals surface area (Å²) < 4.78 is 13.5. The molecule has 0 saturated heterocycles. The molecule has 2 aromatic carbocycles. The Morgan fingerprint density at radius 2 is 1.83 bits per heavy atom. The molecule has 2 aromatic rings. The van der Waals surface area contributed by atoms with Gasteiger partial charge in [0.05, 0.1) is 5.56 Å². The minimum atomic E-state index is -0.618. The van der Waals surface area contributed by atoms with Gasteiger partial charge in [-0.25, -0.2) is 4.39 Å². The van der Waals surface area contributed by atoms with Crippen LogP contribution in [0, 0.1) is 12.7 Å². The zero-order valence-electron chi connectivity index (χ0n) is 9.64. The molecule has 0 amide bonds. The van der Waals surface area contributed by atoms with Crippen LogP contribution in [-0.2, 0) is 0 Å². The summed E-state index contributed by atoms with van der Waals surface area (Å²) in [6.07, 6.45) is 0. The van der Waals surface area contributed by atoms with E-state index in [9.17, 15) is 19.4 Å². The highest BCUT2D eigenvalue weighted by atomic mass is 19.1. The average molecular weight is 246 g/mol. The molecule has 0 fully saturated rings. The van der Waals surface area contributed by atoms with Gasteiger partial charge in [-0.05, 0) is 36.8 Å². The van der Waals surface area contributed by atoms with Crippen molar-refractivity contribution >= 4 is 5.78 Å². The first-order chi connectivity index (χ1) is 8.50. The van der Waals surface area contributed by atoms with E-state index in [4.69, 9.17) is 0 Å². The number of aryl methyl sites for hydroxylation is 1. The van der Waals surface area contributed by atoms with E-state index < -0.39 is 17.3 Å². The van der Waals surface area contributed by atoms with Crippen molar-refractivity contribution in [1.29, 1.82) is 0 Å². The highest BCUT2D eigenvalue weighted by molar-refractivity contribution is 6.09. The van der Waals surface area contributed by atoms with E-state index in [0.29, 0.717) is 5.56 Å². The number of phenols is 2. The lowest BCUT2D eigenvalue weighted by Gasteiger charge is -2.06. The Morgan fingerprint density at radius 1 is 1.17 bits per heavy atom. The summed E-state index contributed by atoms with van der Waals surface area (Å²) >= 11 is 0. The van der Waals surface area contributed by atoms with Gasteiger partial charge in [0, 0.05) is 5.56 Å². The third-order valence-corrected chi connectivity index (χ3v) is 2.66. The van der Waals surface area contributed by atoms with Crippen LogP contribution in [0.2, 0.25) is 0 Å². The zero-order chi connectivity index (χ0) is 13.3. The summed E-state index contributed by atoms with van der Waals surface area (Å²) in [6.45, 7) is 1.55. The summed E-state index contributed by atoms with van der Waals surface area (Å²) in [6, 6.07) is 8.15. The van der Waals surface area contributed by atoms with Crippen molar-refractivity contribution in [2.45, 2.75) is 6.92 Å². The summed E-state index contributed by atoms with van der Waals surface area (Å²) in [4.78, 5) is 12.1. The van der Waals surface area contributed by atoms with Gasteiger partial charge in [0.2, 0.25) is 0 Å². The Bertz CT molecular complexity index is 597. The van der Waals surface area contributed by atoms with Gasteiger partial charge in [0.15, 0.2) is 17.3 Å². The normalized spacial score (nSPS) is 10.3. The molecule has 0 aliphatic rings. The molecule has 0 saturated carbocycles. The fourth-order valence-corrected chi connectivity index (χ4v) is 1.69. The minimum absolute atomic E-state index is 0.0676. The molecule has 0 aliphatic heterocycles. The predicted octanol–water partition coefficient (Wildman–Crippen LogP) is 2.78. The molecule has 0 heterocycles. The third-order valence-electron chi connectivity index (χ3n) is 2.66. The average Bonchev–Trinajstić information content (AvgIpc) is 2.35. The number of carbonyl (C=O) groups is 1. The molecule has 4 heteroatoms. The van der Waals surface area contributed by atoms with Gasteiger partial charge in [-0.15, -0.1) is 0 Å². The van der Waals surface area contributed by atoms with Crippen LogP contribution in [0.3, 0.4) is 0 Å². The molecule has 0 aliphatic carbocycles. The number of phenolic OH excluding ortho intramolecular Hbond substituents is 2. The Hall–Kier alpha value is -2.36. The maximum absolute atomic E-state index is 13.5. The molecule has 92 valence electrons. The largest absolute Gasteiger partial charge is 0.504 e. The molecular weight excluding hydrogens is 235 g/mol. The van der Waals surface area contributed by atoms with Gasteiger partial charge in [0.1, 0.15) is 5.82 Å². The van der Waals surface area contributed by atoms with Gasteiger partial charge >= 0.3 is 0 Å². The summed E-state index contributed by atoms with van der Waals surface area (Å²) in [5.74, 6) is -1.83. The molecule has 3 nitrogen and oxygen atoms in total. The smallest absolute Gasteiger partial charge is 0.196 e. The van der Waals surface area contributed by atoms with E-state index in [2.05, 4.69) is 0 Å². The number of carbonyl (C=O) groups excluding carboxylic acids is 1. The van der Waals surface area contributed by atoms with Crippen molar-refractivity contribution < 1.29 is 19.4 Å². The van der Waals surface area contributed by atoms with Crippen LogP contribution in [0.1, 0.15) is 21.5 Å². The monoisotopic (exact) mass is 246 g/mol. The second-order valence-corrected chi connectivity index (χ2v) is 3.97. The standard InChI is InChI=1S/C14H11FO3/c1-8-6-9(7-12(16)13(8)17)14(18)10-4-2-3-5-11(10)15/h2-7,16-17H,1H3. The highest BCUT2D eigenvalue weighted by Gasteiger charge is 2.16.